The van der Waals surface area contributed by atoms with Crippen LogP contribution in [0.15, 0.2) is 41.3 Å². The predicted octanol–water partition coefficient (Wildman–Crippen LogP) is 6.98. The maximum absolute atomic E-state index is 6.25. The van der Waals surface area contributed by atoms with E-state index in [4.69, 9.17) is 7.85 Å². The first-order chi connectivity index (χ1) is 13.1. The van der Waals surface area contributed by atoms with Crippen LogP contribution in [0.1, 0.15) is 89.2 Å². The highest BCUT2D eigenvalue weighted by Gasteiger charge is 2.42. The molecule has 0 heterocycles. The summed E-state index contributed by atoms with van der Waals surface area (Å²) >= 11 is 4.68. The smallest absolute Gasteiger partial charge is 0.113 e. The van der Waals surface area contributed by atoms with E-state index in [0.717, 1.165) is 10.4 Å². The summed E-state index contributed by atoms with van der Waals surface area (Å²) in [5, 5.41) is 0. The molecule has 3 rings (SSSR count). The minimum Gasteiger partial charge on any atom is -0.143 e. The van der Waals surface area contributed by atoms with Gasteiger partial charge in [-0.3, -0.25) is 0 Å². The third-order valence-electron chi connectivity index (χ3n) is 6.28. The summed E-state index contributed by atoms with van der Waals surface area (Å²) in [6, 6.07) is 13.3. The maximum Gasteiger partial charge on any atom is 0.113 e. The van der Waals surface area contributed by atoms with Crippen LogP contribution >= 0.6 is 12.6 Å². The lowest BCUT2D eigenvalue weighted by atomic mass is 9.70. The van der Waals surface area contributed by atoms with Crippen LogP contribution in [-0.2, 0) is 5.41 Å². The van der Waals surface area contributed by atoms with Crippen molar-refractivity contribution in [3.05, 3.63) is 47.5 Å². The van der Waals surface area contributed by atoms with E-state index in [-0.39, 0.29) is 5.41 Å². The Morgan fingerprint density at radius 1 is 0.741 bits per heavy atom. The van der Waals surface area contributed by atoms with Gasteiger partial charge in [0.05, 0.1) is 0 Å². The van der Waals surface area contributed by atoms with E-state index < -0.39 is 0 Å². The van der Waals surface area contributed by atoms with Crippen LogP contribution in [0.4, 0.5) is 0 Å². The zero-order valence-corrected chi connectivity index (χ0v) is 18.0. The molecule has 2 aromatic rings. The molecule has 1 aliphatic carbocycles. The molecule has 2 radical (unpaired) electrons. The molecule has 0 N–H and O–H groups in total. The van der Waals surface area contributed by atoms with Crippen molar-refractivity contribution in [3.8, 4) is 11.1 Å². The van der Waals surface area contributed by atoms with Crippen LogP contribution in [0, 0.1) is 0 Å². The number of rotatable bonds is 10. The van der Waals surface area contributed by atoms with E-state index in [1.807, 2.05) is 0 Å². The van der Waals surface area contributed by atoms with Crippen LogP contribution in [0.3, 0.4) is 0 Å². The molecule has 0 saturated carbocycles. The molecule has 0 saturated heterocycles. The van der Waals surface area contributed by atoms with Gasteiger partial charge in [0, 0.05) is 10.3 Å². The normalized spacial score (nSPS) is 14.2. The highest BCUT2D eigenvalue weighted by molar-refractivity contribution is 7.80. The molecule has 2 heteroatoms. The first-order valence-electron chi connectivity index (χ1n) is 10.9. The van der Waals surface area contributed by atoms with Crippen molar-refractivity contribution < 1.29 is 0 Å². The largest absolute Gasteiger partial charge is 0.143 e. The molecule has 0 nitrogen and oxygen atoms in total. The first-order valence-corrected chi connectivity index (χ1v) is 11.3. The van der Waals surface area contributed by atoms with E-state index in [2.05, 4.69) is 62.9 Å². The number of unbranched alkanes of at least 4 members (excludes halogenated alkanes) is 6. The fraction of sp³-hybridized carbons (Fsp3) is 0.520. The maximum atomic E-state index is 6.25. The van der Waals surface area contributed by atoms with Crippen molar-refractivity contribution in [1.82, 2.24) is 0 Å². The second-order valence-corrected chi connectivity index (χ2v) is 8.75. The number of fused-ring (bicyclic) bond motifs is 3. The average molecular weight is 376 g/mol. The number of benzene rings is 2. The van der Waals surface area contributed by atoms with Gasteiger partial charge in [-0.2, -0.15) is 0 Å². The second-order valence-electron chi connectivity index (χ2n) is 8.24. The molecule has 2 aromatic carbocycles. The highest BCUT2D eigenvalue weighted by atomic mass is 32.1. The SMILES string of the molecule is [B]c1ccc2c(c1)C(CCCCCC)(CCCCCC)c1cc(S)ccc1-2. The molecular weight excluding hydrogens is 343 g/mol. The van der Waals surface area contributed by atoms with E-state index in [9.17, 15) is 0 Å². The lowest BCUT2D eigenvalue weighted by molar-refractivity contribution is 0.400. The Hall–Kier alpha value is -1.15. The molecule has 27 heavy (non-hydrogen) atoms. The van der Waals surface area contributed by atoms with Gasteiger partial charge in [-0.15, -0.1) is 12.6 Å². The van der Waals surface area contributed by atoms with Crippen LogP contribution < -0.4 is 5.46 Å². The van der Waals surface area contributed by atoms with Crippen LogP contribution in [0.25, 0.3) is 11.1 Å². The van der Waals surface area contributed by atoms with Crippen LogP contribution in [0.2, 0.25) is 0 Å². The van der Waals surface area contributed by atoms with Gasteiger partial charge >= 0.3 is 0 Å². The second kappa shape index (κ2) is 9.37. The summed E-state index contributed by atoms with van der Waals surface area (Å²) in [6.07, 6.45) is 12.9. The fourth-order valence-electron chi connectivity index (χ4n) is 4.87. The van der Waals surface area contributed by atoms with Crippen molar-refractivity contribution >= 4 is 25.9 Å². The van der Waals surface area contributed by atoms with Gasteiger partial charge < -0.3 is 0 Å². The highest BCUT2D eigenvalue weighted by Crippen LogP contribution is 2.54. The zero-order valence-electron chi connectivity index (χ0n) is 17.1. The molecule has 0 aliphatic heterocycles. The zero-order chi connectivity index (χ0) is 19.3. The van der Waals surface area contributed by atoms with Gasteiger partial charge in [0.1, 0.15) is 7.85 Å². The quantitative estimate of drug-likeness (QED) is 0.258. The Bertz CT molecular complexity index is 699. The molecule has 142 valence electrons. The van der Waals surface area contributed by atoms with Gasteiger partial charge in [0.15, 0.2) is 0 Å². The lowest BCUT2D eigenvalue weighted by Gasteiger charge is -2.33. The van der Waals surface area contributed by atoms with Crippen molar-refractivity contribution in [2.75, 3.05) is 0 Å². The third kappa shape index (κ3) is 4.31. The Morgan fingerprint density at radius 2 is 1.30 bits per heavy atom. The summed E-state index contributed by atoms with van der Waals surface area (Å²) in [7, 11) is 6.25. The Morgan fingerprint density at radius 3 is 1.89 bits per heavy atom. The summed E-state index contributed by atoms with van der Waals surface area (Å²) in [5.41, 5.74) is 6.74. The Kier molecular flexibility index (Phi) is 7.14. The molecule has 0 fully saturated rings. The van der Waals surface area contributed by atoms with Gasteiger partial charge in [-0.05, 0) is 47.2 Å². The molecule has 0 amide bonds. The van der Waals surface area contributed by atoms with E-state index in [1.54, 1.807) is 0 Å². The van der Waals surface area contributed by atoms with Gasteiger partial charge in [-0.1, -0.05) is 94.9 Å². The van der Waals surface area contributed by atoms with Crippen LogP contribution in [-0.4, -0.2) is 7.85 Å². The molecule has 0 atom stereocenters. The molecule has 1 aliphatic rings. The molecular formula is C25H33BS. The number of thiol groups is 1. The lowest BCUT2D eigenvalue weighted by Crippen LogP contribution is -2.26. The van der Waals surface area contributed by atoms with E-state index in [1.165, 1.54) is 86.5 Å². The fourth-order valence-corrected chi connectivity index (χ4v) is 5.08. The Labute approximate surface area is 173 Å². The summed E-state index contributed by atoms with van der Waals surface area (Å²) in [6.45, 7) is 4.57. The number of hydrogen-bond donors (Lipinski definition) is 1. The molecule has 0 spiro atoms. The Balaban J connectivity index is 2.03. The molecule has 0 unspecified atom stereocenters. The van der Waals surface area contributed by atoms with E-state index >= 15 is 0 Å². The molecule has 0 bridgehead atoms. The topological polar surface area (TPSA) is 0 Å². The minimum atomic E-state index is 0.111. The monoisotopic (exact) mass is 376 g/mol. The van der Waals surface area contributed by atoms with Gasteiger partial charge in [-0.25, -0.2) is 0 Å². The third-order valence-corrected chi connectivity index (χ3v) is 6.56. The average Bonchev–Trinajstić information content (AvgIpc) is 2.92. The van der Waals surface area contributed by atoms with Crippen molar-refractivity contribution in [2.24, 2.45) is 0 Å². The summed E-state index contributed by atoms with van der Waals surface area (Å²) in [5.74, 6) is 0. The first kappa shape index (κ1) is 20.6. The van der Waals surface area contributed by atoms with Crippen LogP contribution in [0.5, 0.6) is 0 Å². The van der Waals surface area contributed by atoms with Crippen molar-refractivity contribution in [1.29, 1.82) is 0 Å². The van der Waals surface area contributed by atoms with E-state index in [0.29, 0.717) is 0 Å². The molecule has 0 aromatic heterocycles. The van der Waals surface area contributed by atoms with Gasteiger partial charge in [0.2, 0.25) is 0 Å². The standard InChI is InChI=1S/C25H33BS/c1-3-5-7-9-15-25(16-10-8-6-4-2)23-17-19(26)11-13-21(23)22-14-12-20(27)18-24(22)25/h11-14,17-18,27H,3-10,15-16H2,1-2H3. The van der Waals surface area contributed by atoms with Gasteiger partial charge in [0.25, 0.3) is 0 Å². The minimum absolute atomic E-state index is 0.111. The van der Waals surface area contributed by atoms with Crippen molar-refractivity contribution in [3.63, 3.8) is 0 Å². The summed E-state index contributed by atoms with van der Waals surface area (Å²) < 4.78 is 0. The van der Waals surface area contributed by atoms with Crippen molar-refractivity contribution in [2.45, 2.75) is 88.4 Å². The predicted molar refractivity (Wildman–Crippen MR) is 123 cm³/mol. The summed E-state index contributed by atoms with van der Waals surface area (Å²) in [4.78, 5) is 1.07. The number of hydrogen-bond acceptors (Lipinski definition) is 1.